The van der Waals surface area contributed by atoms with Crippen molar-refractivity contribution in [2.75, 3.05) is 6.54 Å². The molecule has 7 heteroatoms. The third kappa shape index (κ3) is 3.29. The van der Waals surface area contributed by atoms with Crippen molar-refractivity contribution < 1.29 is 4.39 Å². The molecule has 104 valence electrons. The lowest BCUT2D eigenvalue weighted by Gasteiger charge is -2.03. The lowest BCUT2D eigenvalue weighted by atomic mass is 10.1. The molecule has 0 atom stereocenters. The molecule has 0 spiro atoms. The molecule has 0 aliphatic rings. The fourth-order valence-electron chi connectivity index (χ4n) is 1.50. The smallest absolute Gasteiger partial charge is 0.320 e. The molecule has 0 unspecified atom stereocenters. The number of thioether (sulfide) groups is 1. The monoisotopic (exact) mass is 292 g/mol. The van der Waals surface area contributed by atoms with E-state index in [-0.39, 0.29) is 18.1 Å². The number of aromatic amines is 1. The summed E-state index contributed by atoms with van der Waals surface area (Å²) < 4.78 is 15.3. The summed E-state index contributed by atoms with van der Waals surface area (Å²) in [6.07, 6.45) is 0. The van der Waals surface area contributed by atoms with Gasteiger partial charge in [0.2, 0.25) is 0 Å². The van der Waals surface area contributed by atoms with Gasteiger partial charge in [-0.25, -0.2) is 14.3 Å². The van der Waals surface area contributed by atoms with Gasteiger partial charge in [-0.1, -0.05) is 29.7 Å². The molecular formula is C13H13FN4OS. The van der Waals surface area contributed by atoms with Gasteiger partial charge in [0.25, 0.3) is 0 Å². The number of nitrogens with two attached hydrogens (primary N) is 1. The fraction of sp³-hybridized carbons (Fsp3) is 0.231. The average molecular weight is 292 g/mol. The van der Waals surface area contributed by atoms with E-state index in [1.807, 2.05) is 0 Å². The highest BCUT2D eigenvalue weighted by Gasteiger charge is 2.08. The van der Waals surface area contributed by atoms with Crippen molar-refractivity contribution in [3.8, 4) is 11.8 Å². The van der Waals surface area contributed by atoms with Crippen LogP contribution in [0.1, 0.15) is 11.1 Å². The minimum Gasteiger partial charge on any atom is -0.320 e. The molecule has 0 radical (unpaired) electrons. The van der Waals surface area contributed by atoms with E-state index < -0.39 is 0 Å². The number of H-pyrrole nitrogens is 1. The van der Waals surface area contributed by atoms with Crippen LogP contribution in [0.5, 0.6) is 0 Å². The summed E-state index contributed by atoms with van der Waals surface area (Å²) in [6.45, 7) is 0.242. The molecule has 20 heavy (non-hydrogen) atoms. The lowest BCUT2D eigenvalue weighted by Crippen LogP contribution is -2.12. The largest absolute Gasteiger partial charge is 0.343 e. The molecule has 1 aromatic carbocycles. The van der Waals surface area contributed by atoms with E-state index in [0.717, 1.165) is 0 Å². The Hall–Kier alpha value is -2.04. The van der Waals surface area contributed by atoms with E-state index in [2.05, 4.69) is 22.0 Å². The quantitative estimate of drug-likeness (QED) is 0.649. The summed E-state index contributed by atoms with van der Waals surface area (Å²) in [5.41, 5.74) is 6.10. The van der Waals surface area contributed by atoms with Crippen molar-refractivity contribution >= 4 is 11.8 Å². The van der Waals surface area contributed by atoms with Crippen molar-refractivity contribution in [2.45, 2.75) is 10.9 Å². The maximum atomic E-state index is 13.9. The predicted octanol–water partition coefficient (Wildman–Crippen LogP) is 0.850. The summed E-state index contributed by atoms with van der Waals surface area (Å²) in [4.78, 5) is 11.2. The van der Waals surface area contributed by atoms with Gasteiger partial charge in [-0.2, -0.15) is 0 Å². The maximum Gasteiger partial charge on any atom is 0.343 e. The zero-order valence-corrected chi connectivity index (χ0v) is 11.6. The van der Waals surface area contributed by atoms with Crippen molar-refractivity contribution in [1.82, 2.24) is 14.8 Å². The number of hydrogen-bond acceptors (Lipinski definition) is 4. The molecule has 0 bridgehead atoms. The molecule has 0 aliphatic heterocycles. The topological polar surface area (TPSA) is 76.7 Å². The van der Waals surface area contributed by atoms with Gasteiger partial charge < -0.3 is 5.73 Å². The van der Waals surface area contributed by atoms with Crippen LogP contribution in [-0.2, 0) is 12.8 Å². The molecule has 0 aliphatic carbocycles. The number of benzene rings is 1. The van der Waals surface area contributed by atoms with Crippen molar-refractivity contribution in [3.63, 3.8) is 0 Å². The first-order chi connectivity index (χ1) is 9.61. The third-order valence-electron chi connectivity index (χ3n) is 2.58. The van der Waals surface area contributed by atoms with Gasteiger partial charge in [0, 0.05) is 18.4 Å². The number of nitrogens with one attached hydrogen (secondary N) is 1. The van der Waals surface area contributed by atoms with E-state index in [1.165, 1.54) is 22.4 Å². The zero-order valence-electron chi connectivity index (χ0n) is 10.8. The average Bonchev–Trinajstić information content (AvgIpc) is 2.76. The minimum atomic E-state index is -0.332. The Morgan fingerprint density at radius 3 is 2.95 bits per heavy atom. The standard InChI is InChI=1S/C13H13FN4OS/c1-18-12(19)16-17-13(18)20-8-10-5-4-9(3-2-6-15)7-11(10)14/h4-5,7H,6,8,15H2,1H3,(H,16,19). The fourth-order valence-corrected chi connectivity index (χ4v) is 2.40. The van der Waals surface area contributed by atoms with Crippen LogP contribution in [0.15, 0.2) is 28.2 Å². The van der Waals surface area contributed by atoms with Gasteiger partial charge in [0.1, 0.15) is 5.82 Å². The first-order valence-corrected chi connectivity index (χ1v) is 6.82. The molecule has 2 rings (SSSR count). The SMILES string of the molecule is Cn1c(SCc2ccc(C#CCN)cc2F)n[nH]c1=O. The Balaban J connectivity index is 2.10. The molecule has 0 amide bonds. The highest BCUT2D eigenvalue weighted by atomic mass is 32.2. The molecule has 2 aromatic rings. The first kappa shape index (κ1) is 14.4. The molecule has 5 nitrogen and oxygen atoms in total. The number of rotatable bonds is 3. The maximum absolute atomic E-state index is 13.9. The van der Waals surface area contributed by atoms with Crippen LogP contribution in [0.2, 0.25) is 0 Å². The second-order valence-electron chi connectivity index (χ2n) is 3.97. The summed E-state index contributed by atoms with van der Waals surface area (Å²) in [5, 5.41) is 6.70. The van der Waals surface area contributed by atoms with Gasteiger partial charge in [0.15, 0.2) is 5.16 Å². The van der Waals surface area contributed by atoms with Crippen LogP contribution in [0.25, 0.3) is 0 Å². The highest BCUT2D eigenvalue weighted by molar-refractivity contribution is 7.98. The number of aromatic nitrogens is 3. The van der Waals surface area contributed by atoms with Gasteiger partial charge in [-0.05, 0) is 17.7 Å². The summed E-state index contributed by atoms with van der Waals surface area (Å²) in [6, 6.07) is 4.79. The summed E-state index contributed by atoms with van der Waals surface area (Å²) in [7, 11) is 1.61. The second kappa shape index (κ2) is 6.41. The van der Waals surface area contributed by atoms with E-state index in [0.29, 0.717) is 22.0 Å². The van der Waals surface area contributed by atoms with Gasteiger partial charge in [0.05, 0.1) is 6.54 Å². The van der Waals surface area contributed by atoms with Gasteiger partial charge in [-0.15, -0.1) is 5.10 Å². The Labute approximate surface area is 119 Å². The lowest BCUT2D eigenvalue weighted by molar-refractivity contribution is 0.616. The molecule has 1 aromatic heterocycles. The zero-order chi connectivity index (χ0) is 14.5. The van der Waals surface area contributed by atoms with Crippen LogP contribution in [0.3, 0.4) is 0 Å². The Kier molecular flexibility index (Phi) is 4.61. The van der Waals surface area contributed by atoms with Crippen LogP contribution in [-0.4, -0.2) is 21.3 Å². The second-order valence-corrected chi connectivity index (χ2v) is 4.91. The summed E-state index contributed by atoms with van der Waals surface area (Å²) >= 11 is 1.28. The molecular weight excluding hydrogens is 279 g/mol. The third-order valence-corrected chi connectivity index (χ3v) is 3.66. The first-order valence-electron chi connectivity index (χ1n) is 5.83. The van der Waals surface area contributed by atoms with Crippen molar-refractivity contribution in [3.05, 3.63) is 45.6 Å². The van der Waals surface area contributed by atoms with Crippen LogP contribution < -0.4 is 11.4 Å². The number of halogens is 1. The van der Waals surface area contributed by atoms with E-state index >= 15 is 0 Å². The Bertz CT molecular complexity index is 726. The van der Waals surface area contributed by atoms with E-state index in [9.17, 15) is 9.18 Å². The number of hydrogen-bond donors (Lipinski definition) is 2. The van der Waals surface area contributed by atoms with Crippen LogP contribution in [0, 0.1) is 17.7 Å². The van der Waals surface area contributed by atoms with Crippen molar-refractivity contribution in [2.24, 2.45) is 12.8 Å². The van der Waals surface area contributed by atoms with Crippen molar-refractivity contribution in [1.29, 1.82) is 0 Å². The van der Waals surface area contributed by atoms with E-state index in [1.54, 1.807) is 19.2 Å². The normalized spacial score (nSPS) is 10.2. The predicted molar refractivity (Wildman–Crippen MR) is 75.7 cm³/mol. The number of nitrogens with zero attached hydrogens (tertiary/aromatic N) is 2. The van der Waals surface area contributed by atoms with Crippen LogP contribution >= 0.6 is 11.8 Å². The molecule has 0 saturated carbocycles. The Morgan fingerprint density at radius 1 is 1.55 bits per heavy atom. The summed E-state index contributed by atoms with van der Waals surface area (Å²) in [5.74, 6) is 5.50. The Morgan fingerprint density at radius 2 is 2.35 bits per heavy atom. The van der Waals surface area contributed by atoms with Gasteiger partial charge >= 0.3 is 5.69 Å². The molecule has 3 N–H and O–H groups in total. The van der Waals surface area contributed by atoms with Gasteiger partial charge in [-0.3, -0.25) is 4.57 Å². The molecule has 0 saturated heterocycles. The highest BCUT2D eigenvalue weighted by Crippen LogP contribution is 2.21. The molecule has 0 fully saturated rings. The molecule has 1 heterocycles. The minimum absolute atomic E-state index is 0.242. The van der Waals surface area contributed by atoms with E-state index in [4.69, 9.17) is 5.73 Å². The van der Waals surface area contributed by atoms with Crippen LogP contribution in [0.4, 0.5) is 4.39 Å².